The molecule has 2 saturated heterocycles. The lowest BCUT2D eigenvalue weighted by Gasteiger charge is -2.36. The second-order valence-corrected chi connectivity index (χ2v) is 5.61. The maximum absolute atomic E-state index is 3.62. The van der Waals surface area contributed by atoms with Gasteiger partial charge in [-0.25, -0.2) is 0 Å². The van der Waals surface area contributed by atoms with Gasteiger partial charge < -0.3 is 10.2 Å². The van der Waals surface area contributed by atoms with Crippen LogP contribution >= 0.6 is 11.8 Å². The van der Waals surface area contributed by atoms with Crippen LogP contribution in [0.1, 0.15) is 6.92 Å². The summed E-state index contributed by atoms with van der Waals surface area (Å²) < 4.78 is 0. The summed E-state index contributed by atoms with van der Waals surface area (Å²) in [7, 11) is 0. The minimum Gasteiger partial charge on any atom is -0.311 e. The normalized spacial score (nSPS) is 30.6. The van der Waals surface area contributed by atoms with Gasteiger partial charge in [-0.15, -0.1) is 0 Å². The molecule has 2 aliphatic rings. The molecule has 2 heterocycles. The Morgan fingerprint density at radius 3 is 2.53 bits per heavy atom. The quantitative estimate of drug-likeness (QED) is 0.751. The molecule has 0 amide bonds. The number of piperazine rings is 1. The van der Waals surface area contributed by atoms with Gasteiger partial charge in [-0.1, -0.05) is 6.92 Å². The molecule has 2 aliphatic heterocycles. The third-order valence-electron chi connectivity index (χ3n) is 3.39. The number of hydrogen-bond donors (Lipinski definition) is 1. The van der Waals surface area contributed by atoms with E-state index in [9.17, 15) is 0 Å². The van der Waals surface area contributed by atoms with Gasteiger partial charge in [0.25, 0.3) is 0 Å². The van der Waals surface area contributed by atoms with Crippen molar-refractivity contribution < 1.29 is 0 Å². The van der Waals surface area contributed by atoms with Crippen molar-refractivity contribution in [2.75, 3.05) is 57.3 Å². The summed E-state index contributed by atoms with van der Waals surface area (Å²) in [5.41, 5.74) is 0. The molecular formula is C11H23N3S. The first-order valence-corrected chi connectivity index (χ1v) is 7.30. The number of nitrogens with zero attached hydrogens (tertiary/aromatic N) is 2. The molecule has 1 unspecified atom stereocenters. The highest BCUT2D eigenvalue weighted by molar-refractivity contribution is 7.99. The molecule has 2 fully saturated rings. The van der Waals surface area contributed by atoms with E-state index in [1.165, 1.54) is 57.3 Å². The van der Waals surface area contributed by atoms with Crippen molar-refractivity contribution in [1.29, 1.82) is 0 Å². The maximum atomic E-state index is 3.62. The fourth-order valence-corrected chi connectivity index (χ4v) is 3.27. The van der Waals surface area contributed by atoms with E-state index in [2.05, 4.69) is 33.8 Å². The highest BCUT2D eigenvalue weighted by Gasteiger charge is 2.20. The molecule has 0 radical (unpaired) electrons. The third-order valence-corrected chi connectivity index (χ3v) is 4.52. The van der Waals surface area contributed by atoms with Crippen LogP contribution in [0.5, 0.6) is 0 Å². The van der Waals surface area contributed by atoms with Crippen molar-refractivity contribution in [3.05, 3.63) is 0 Å². The molecular weight excluding hydrogens is 206 g/mol. The van der Waals surface area contributed by atoms with Crippen LogP contribution < -0.4 is 5.32 Å². The van der Waals surface area contributed by atoms with Crippen LogP contribution in [0.3, 0.4) is 0 Å². The van der Waals surface area contributed by atoms with Crippen LogP contribution in [0.4, 0.5) is 0 Å². The SMILES string of the molecule is CCN1CCN(CC2CSCCN2)CC1. The highest BCUT2D eigenvalue weighted by Crippen LogP contribution is 2.10. The molecule has 2 rings (SSSR count). The zero-order valence-corrected chi connectivity index (χ0v) is 10.6. The summed E-state index contributed by atoms with van der Waals surface area (Å²) in [4.78, 5) is 5.16. The Hall–Kier alpha value is 0.230. The average Bonchev–Trinajstić information content (AvgIpc) is 2.31. The van der Waals surface area contributed by atoms with Crippen LogP contribution in [0.2, 0.25) is 0 Å². The molecule has 0 bridgehead atoms. The largest absolute Gasteiger partial charge is 0.311 e. The van der Waals surface area contributed by atoms with E-state index in [1.807, 2.05) is 0 Å². The van der Waals surface area contributed by atoms with Gasteiger partial charge >= 0.3 is 0 Å². The van der Waals surface area contributed by atoms with Crippen LogP contribution in [0, 0.1) is 0 Å². The van der Waals surface area contributed by atoms with Gasteiger partial charge in [-0.3, -0.25) is 4.90 Å². The van der Waals surface area contributed by atoms with Gasteiger partial charge in [0.1, 0.15) is 0 Å². The Labute approximate surface area is 97.6 Å². The lowest BCUT2D eigenvalue weighted by Crippen LogP contribution is -2.52. The standard InChI is InChI=1S/C11H23N3S/c1-2-13-4-6-14(7-5-13)9-11-10-15-8-3-12-11/h11-12H,2-10H2,1H3. The Morgan fingerprint density at radius 2 is 1.93 bits per heavy atom. The van der Waals surface area contributed by atoms with Crippen molar-refractivity contribution >= 4 is 11.8 Å². The second-order valence-electron chi connectivity index (χ2n) is 4.46. The molecule has 0 aromatic heterocycles. The van der Waals surface area contributed by atoms with Crippen LogP contribution in [-0.4, -0.2) is 73.2 Å². The molecule has 0 aromatic carbocycles. The molecule has 88 valence electrons. The van der Waals surface area contributed by atoms with E-state index >= 15 is 0 Å². The smallest absolute Gasteiger partial charge is 0.0285 e. The Morgan fingerprint density at radius 1 is 1.20 bits per heavy atom. The summed E-state index contributed by atoms with van der Waals surface area (Å²) in [6.07, 6.45) is 0. The fourth-order valence-electron chi connectivity index (χ4n) is 2.34. The minimum absolute atomic E-state index is 0.733. The molecule has 0 saturated carbocycles. The van der Waals surface area contributed by atoms with Gasteiger partial charge in [-0.05, 0) is 6.54 Å². The summed E-state index contributed by atoms with van der Waals surface area (Å²) in [5, 5.41) is 3.62. The zero-order valence-electron chi connectivity index (χ0n) is 9.74. The molecule has 0 aliphatic carbocycles. The van der Waals surface area contributed by atoms with Crippen molar-refractivity contribution in [1.82, 2.24) is 15.1 Å². The summed E-state index contributed by atoms with van der Waals surface area (Å²) >= 11 is 2.10. The van der Waals surface area contributed by atoms with Crippen molar-refractivity contribution in [3.8, 4) is 0 Å². The predicted octanol–water partition coefficient (Wildman–Crippen LogP) is 0.329. The van der Waals surface area contributed by atoms with Crippen LogP contribution in [-0.2, 0) is 0 Å². The maximum Gasteiger partial charge on any atom is 0.0285 e. The number of thioether (sulfide) groups is 1. The van der Waals surface area contributed by atoms with Gasteiger partial charge in [0, 0.05) is 56.8 Å². The lowest BCUT2D eigenvalue weighted by atomic mass is 10.2. The van der Waals surface area contributed by atoms with E-state index in [-0.39, 0.29) is 0 Å². The van der Waals surface area contributed by atoms with E-state index in [0.29, 0.717) is 0 Å². The van der Waals surface area contributed by atoms with Crippen LogP contribution in [0.25, 0.3) is 0 Å². The van der Waals surface area contributed by atoms with Crippen molar-refractivity contribution in [2.24, 2.45) is 0 Å². The number of rotatable bonds is 3. The van der Waals surface area contributed by atoms with Gasteiger partial charge in [0.05, 0.1) is 0 Å². The van der Waals surface area contributed by atoms with Gasteiger partial charge in [0.2, 0.25) is 0 Å². The number of likely N-dealkylation sites (N-methyl/N-ethyl adjacent to an activating group) is 1. The van der Waals surface area contributed by atoms with E-state index in [0.717, 1.165) is 6.04 Å². The first-order chi connectivity index (χ1) is 7.38. The molecule has 4 heteroatoms. The molecule has 1 atom stereocenters. The monoisotopic (exact) mass is 229 g/mol. The fraction of sp³-hybridized carbons (Fsp3) is 1.00. The Kier molecular flexibility index (Phi) is 4.75. The summed E-state index contributed by atoms with van der Waals surface area (Å²) in [5.74, 6) is 2.59. The van der Waals surface area contributed by atoms with Gasteiger partial charge in [0.15, 0.2) is 0 Å². The summed E-state index contributed by atoms with van der Waals surface area (Å²) in [6, 6.07) is 0.733. The minimum atomic E-state index is 0.733. The number of nitrogens with one attached hydrogen (secondary N) is 1. The first-order valence-electron chi connectivity index (χ1n) is 6.14. The molecule has 3 nitrogen and oxygen atoms in total. The molecule has 0 spiro atoms. The Bertz CT molecular complexity index is 175. The third kappa shape index (κ3) is 3.63. The van der Waals surface area contributed by atoms with Crippen molar-refractivity contribution in [3.63, 3.8) is 0 Å². The first kappa shape index (κ1) is 11.7. The lowest BCUT2D eigenvalue weighted by molar-refractivity contribution is 0.129. The van der Waals surface area contributed by atoms with E-state index in [4.69, 9.17) is 0 Å². The molecule has 15 heavy (non-hydrogen) atoms. The van der Waals surface area contributed by atoms with E-state index in [1.54, 1.807) is 0 Å². The van der Waals surface area contributed by atoms with Crippen molar-refractivity contribution in [2.45, 2.75) is 13.0 Å². The highest BCUT2D eigenvalue weighted by atomic mass is 32.2. The zero-order chi connectivity index (χ0) is 10.5. The van der Waals surface area contributed by atoms with Gasteiger partial charge in [-0.2, -0.15) is 11.8 Å². The topological polar surface area (TPSA) is 18.5 Å². The van der Waals surface area contributed by atoms with Crippen LogP contribution in [0.15, 0.2) is 0 Å². The Balaban J connectivity index is 1.67. The molecule has 0 aromatic rings. The number of hydrogen-bond acceptors (Lipinski definition) is 4. The molecule has 1 N–H and O–H groups in total. The summed E-state index contributed by atoms with van der Waals surface area (Å²) in [6.45, 7) is 11.0. The average molecular weight is 229 g/mol. The predicted molar refractivity (Wildman–Crippen MR) is 67.7 cm³/mol. The van der Waals surface area contributed by atoms with E-state index < -0.39 is 0 Å². The second kappa shape index (κ2) is 6.09.